The molecule has 0 aromatic heterocycles. The van der Waals surface area contributed by atoms with Crippen molar-refractivity contribution in [2.75, 3.05) is 0 Å². The first-order chi connectivity index (χ1) is 3.21. The maximum atomic E-state index is 9.74. The average molecular weight is 206 g/mol. The van der Waals surface area contributed by atoms with E-state index in [2.05, 4.69) is 18.7 Å². The SMILES string of the molecule is [K+].[K+].[O-]S1([O-])OOOO1. The number of hydrogen-bond donors (Lipinski definition) is 0. The second kappa shape index (κ2) is 6.85. The molecule has 1 rings (SSSR count). The zero-order valence-corrected chi connectivity index (χ0v) is 11.9. The van der Waals surface area contributed by atoms with Gasteiger partial charge in [-0.1, -0.05) is 11.2 Å². The summed E-state index contributed by atoms with van der Waals surface area (Å²) >= 11 is -3.99. The summed E-state index contributed by atoms with van der Waals surface area (Å²) in [6, 6.07) is 0. The summed E-state index contributed by atoms with van der Waals surface area (Å²) in [5, 5.41) is 6.70. The van der Waals surface area contributed by atoms with Crippen molar-refractivity contribution in [2.45, 2.75) is 0 Å². The van der Waals surface area contributed by atoms with Gasteiger partial charge in [0.05, 0.1) is 0 Å². The van der Waals surface area contributed by atoms with Crippen molar-refractivity contribution in [1.29, 1.82) is 0 Å². The standard InChI is InChI=1S/2K.H2O6S/c;;1-7(2)5-3-4-6-7/h;;1-2H/q2*+1;/p-2. The van der Waals surface area contributed by atoms with Crippen LogP contribution in [0.1, 0.15) is 0 Å². The van der Waals surface area contributed by atoms with E-state index in [1.54, 1.807) is 0 Å². The molecule has 0 radical (unpaired) electrons. The zero-order chi connectivity index (χ0) is 5.33. The number of hydrogen-bond acceptors (Lipinski definition) is 6. The zero-order valence-electron chi connectivity index (χ0n) is 4.86. The van der Waals surface area contributed by atoms with Crippen LogP contribution in [-0.4, -0.2) is 9.11 Å². The van der Waals surface area contributed by atoms with Crippen LogP contribution in [0, 0.1) is 0 Å². The molecule has 0 amide bonds. The predicted molar refractivity (Wildman–Crippen MR) is 13.5 cm³/mol. The number of rotatable bonds is 0. The van der Waals surface area contributed by atoms with Gasteiger partial charge >= 0.3 is 103 Å². The van der Waals surface area contributed by atoms with E-state index in [0.29, 0.717) is 0 Å². The van der Waals surface area contributed by atoms with E-state index < -0.39 is 11.2 Å². The largest absolute Gasteiger partial charge is 1.00 e. The van der Waals surface area contributed by atoms with Crippen LogP contribution in [0.3, 0.4) is 0 Å². The normalized spacial score (nSPS) is 25.6. The first-order valence-electron chi connectivity index (χ1n) is 1.17. The molecule has 0 atom stereocenters. The fraction of sp³-hybridized carbons (Fsp3) is 0. The summed E-state index contributed by atoms with van der Waals surface area (Å²) in [7, 11) is 0. The Kier molecular flexibility index (Phi) is 11.3. The molecule has 0 aromatic rings. The topological polar surface area (TPSA) is 83.0 Å². The third kappa shape index (κ3) is 6.54. The van der Waals surface area contributed by atoms with Crippen molar-refractivity contribution in [3.8, 4) is 0 Å². The summed E-state index contributed by atoms with van der Waals surface area (Å²) < 4.78 is 26.2. The molecule has 0 unspecified atom stereocenters. The molecule has 1 saturated heterocycles. The maximum Gasteiger partial charge on any atom is 1.00 e. The Morgan fingerprint density at radius 3 is 1.33 bits per heavy atom. The molecular weight excluding hydrogens is 206 g/mol. The molecule has 0 aromatic carbocycles. The van der Waals surface area contributed by atoms with Gasteiger partial charge in [0, 0.05) is 0 Å². The third-order valence-corrected chi connectivity index (χ3v) is 0.694. The fourth-order valence-corrected chi connectivity index (χ4v) is 0.306. The van der Waals surface area contributed by atoms with Gasteiger partial charge in [-0.25, -0.2) is 0 Å². The summed E-state index contributed by atoms with van der Waals surface area (Å²) in [5.74, 6) is 0. The molecule has 0 spiro atoms. The van der Waals surface area contributed by atoms with E-state index in [9.17, 15) is 9.11 Å². The van der Waals surface area contributed by atoms with Crippen molar-refractivity contribution in [1.82, 2.24) is 0 Å². The summed E-state index contributed by atoms with van der Waals surface area (Å²) in [5.41, 5.74) is 0. The van der Waals surface area contributed by atoms with E-state index in [-0.39, 0.29) is 103 Å². The van der Waals surface area contributed by atoms with Crippen LogP contribution < -0.4 is 103 Å². The van der Waals surface area contributed by atoms with E-state index in [4.69, 9.17) is 0 Å². The Labute approximate surface area is 138 Å². The van der Waals surface area contributed by atoms with Crippen LogP contribution in [0.4, 0.5) is 0 Å². The Hall–Kier alpha value is 3.38. The van der Waals surface area contributed by atoms with E-state index in [0.717, 1.165) is 0 Å². The average Bonchev–Trinajstić information content (AvgIpc) is 1.84. The first-order valence-corrected chi connectivity index (χ1v) is 2.50. The smallest absolute Gasteiger partial charge is 0.779 e. The van der Waals surface area contributed by atoms with E-state index in [1.165, 1.54) is 0 Å². The van der Waals surface area contributed by atoms with Gasteiger partial charge in [0.25, 0.3) is 0 Å². The van der Waals surface area contributed by atoms with Crippen LogP contribution in [0.5, 0.6) is 0 Å². The molecule has 0 saturated carbocycles. The Morgan fingerprint density at radius 1 is 0.889 bits per heavy atom. The molecule has 6 nitrogen and oxygen atoms in total. The van der Waals surface area contributed by atoms with E-state index >= 15 is 0 Å². The van der Waals surface area contributed by atoms with Crippen molar-refractivity contribution in [3.05, 3.63) is 0 Å². The fourth-order valence-electron chi connectivity index (χ4n) is 0.102. The Bertz CT molecular complexity index is 65.5. The minimum absolute atomic E-state index is 0. The molecule has 0 aliphatic carbocycles. The van der Waals surface area contributed by atoms with Crippen molar-refractivity contribution >= 4 is 11.2 Å². The summed E-state index contributed by atoms with van der Waals surface area (Å²) in [4.78, 5) is 0. The monoisotopic (exact) mass is 206 g/mol. The summed E-state index contributed by atoms with van der Waals surface area (Å²) in [6.07, 6.45) is 0. The van der Waals surface area contributed by atoms with Crippen LogP contribution in [-0.2, 0) is 18.7 Å². The van der Waals surface area contributed by atoms with Gasteiger partial charge in [-0.2, -0.15) is 8.67 Å². The van der Waals surface area contributed by atoms with Gasteiger partial charge in [-0.15, -0.1) is 0 Å². The molecule has 1 heterocycles. The van der Waals surface area contributed by atoms with Gasteiger partial charge in [0.2, 0.25) is 0 Å². The molecule has 1 aliphatic rings. The second-order valence-electron chi connectivity index (χ2n) is 0.680. The maximum absolute atomic E-state index is 9.74. The second-order valence-corrected chi connectivity index (χ2v) is 1.77. The minimum atomic E-state index is -3.99. The first kappa shape index (κ1) is 14.9. The molecule has 9 heavy (non-hydrogen) atoms. The predicted octanol–water partition coefficient (Wildman–Crippen LogP) is -6.29. The quantitative estimate of drug-likeness (QED) is 0.290. The van der Waals surface area contributed by atoms with Crippen LogP contribution in [0.25, 0.3) is 0 Å². The molecule has 1 aliphatic heterocycles. The van der Waals surface area contributed by atoms with Crippen LogP contribution in [0.2, 0.25) is 0 Å². The Balaban J connectivity index is 0. The van der Waals surface area contributed by atoms with Crippen molar-refractivity contribution < 1.29 is 131 Å². The minimum Gasteiger partial charge on any atom is -0.779 e. The molecular formula is K2O6S. The van der Waals surface area contributed by atoms with Gasteiger partial charge in [0.15, 0.2) is 0 Å². The molecule has 1 fully saturated rings. The summed E-state index contributed by atoms with van der Waals surface area (Å²) in [6.45, 7) is 0. The van der Waals surface area contributed by atoms with E-state index in [1.807, 2.05) is 0 Å². The van der Waals surface area contributed by atoms with Gasteiger partial charge in [-0.05, 0) is 10.1 Å². The molecule has 0 bridgehead atoms. The third-order valence-electron chi connectivity index (χ3n) is 0.250. The van der Waals surface area contributed by atoms with Gasteiger partial charge in [0.1, 0.15) is 0 Å². The van der Waals surface area contributed by atoms with Gasteiger partial charge in [-0.3, -0.25) is 0 Å². The van der Waals surface area contributed by atoms with Crippen molar-refractivity contribution in [2.24, 2.45) is 0 Å². The molecule has 0 N–H and O–H groups in total. The Morgan fingerprint density at radius 2 is 1.22 bits per heavy atom. The molecule has 9 heteroatoms. The van der Waals surface area contributed by atoms with Gasteiger partial charge < -0.3 is 9.11 Å². The van der Waals surface area contributed by atoms with Crippen molar-refractivity contribution in [3.63, 3.8) is 0 Å². The van der Waals surface area contributed by atoms with Crippen LogP contribution >= 0.6 is 11.2 Å². The van der Waals surface area contributed by atoms with Crippen LogP contribution in [0.15, 0.2) is 0 Å². The molecule has 44 valence electrons.